The summed E-state index contributed by atoms with van der Waals surface area (Å²) in [5, 5.41) is 4.12. The van der Waals surface area contributed by atoms with Gasteiger partial charge in [-0.25, -0.2) is 9.78 Å². The maximum atomic E-state index is 13.2. The van der Waals surface area contributed by atoms with Crippen molar-refractivity contribution in [3.05, 3.63) is 92.9 Å². The number of hydrogen-bond acceptors (Lipinski definition) is 3. The van der Waals surface area contributed by atoms with Gasteiger partial charge in [-0.15, -0.1) is 0 Å². The first-order chi connectivity index (χ1) is 16.7. The van der Waals surface area contributed by atoms with Gasteiger partial charge in [-0.1, -0.05) is 40.9 Å². The molecule has 1 fully saturated rings. The van der Waals surface area contributed by atoms with Crippen molar-refractivity contribution in [2.24, 2.45) is 0 Å². The third-order valence-electron chi connectivity index (χ3n) is 6.12. The molecule has 1 saturated heterocycles. The van der Waals surface area contributed by atoms with Gasteiger partial charge >= 0.3 is 6.03 Å². The zero-order valence-electron chi connectivity index (χ0n) is 18.7. The fraction of sp³-hybridized carbons (Fsp3) is 0.240. The Morgan fingerprint density at radius 3 is 2.46 bits per heavy atom. The summed E-state index contributed by atoms with van der Waals surface area (Å²) >= 11 is 18.4. The van der Waals surface area contributed by atoms with Gasteiger partial charge in [-0.3, -0.25) is 4.79 Å². The number of rotatable bonds is 4. The van der Waals surface area contributed by atoms with Crippen LogP contribution in [0.15, 0.2) is 60.8 Å². The molecule has 6 nitrogen and oxygen atoms in total. The van der Waals surface area contributed by atoms with E-state index in [0.717, 1.165) is 5.56 Å². The Bertz CT molecular complexity index is 1220. The Morgan fingerprint density at radius 1 is 1.06 bits per heavy atom. The van der Waals surface area contributed by atoms with Gasteiger partial charge in [0.1, 0.15) is 0 Å². The number of piperidine rings is 1. The van der Waals surface area contributed by atoms with Crippen molar-refractivity contribution in [2.75, 3.05) is 25.5 Å². The van der Waals surface area contributed by atoms with E-state index >= 15 is 0 Å². The number of carbonyl (C=O) groups excluding carboxylic acids is 2. The van der Waals surface area contributed by atoms with Crippen LogP contribution in [0.3, 0.4) is 0 Å². The molecule has 1 aliphatic heterocycles. The van der Waals surface area contributed by atoms with Crippen molar-refractivity contribution in [2.45, 2.75) is 18.4 Å². The third-order valence-corrected chi connectivity index (χ3v) is 7.11. The lowest BCUT2D eigenvalue weighted by molar-refractivity contribution is 0.0628. The molecule has 1 aromatic heterocycles. The second-order valence-corrected chi connectivity index (χ2v) is 9.56. The number of benzene rings is 2. The number of nitrogens with zero attached hydrogens (tertiary/aromatic N) is 3. The summed E-state index contributed by atoms with van der Waals surface area (Å²) in [5.41, 5.74) is 1.77. The number of amides is 3. The van der Waals surface area contributed by atoms with Crippen molar-refractivity contribution < 1.29 is 14.0 Å². The molecule has 0 bridgehead atoms. The number of urea groups is 1. The van der Waals surface area contributed by atoms with E-state index in [2.05, 4.69) is 10.3 Å². The van der Waals surface area contributed by atoms with Crippen LogP contribution < -0.4 is 5.32 Å². The number of halogens is 4. The smallest absolute Gasteiger partial charge is 0.321 e. The molecule has 1 aliphatic rings. The zero-order valence-corrected chi connectivity index (χ0v) is 21.0. The van der Waals surface area contributed by atoms with Crippen LogP contribution in [0.2, 0.25) is 15.1 Å². The lowest BCUT2D eigenvalue weighted by Crippen LogP contribution is -2.52. The number of likely N-dealkylation sites (tertiary alicyclic amines) is 1. The summed E-state index contributed by atoms with van der Waals surface area (Å²) < 4.78 is 13.1. The molecular formula is C25H22Cl3FN4O2. The summed E-state index contributed by atoms with van der Waals surface area (Å²) in [4.78, 5) is 33.1. The van der Waals surface area contributed by atoms with Gasteiger partial charge in [-0.05, 0) is 60.5 Å². The van der Waals surface area contributed by atoms with Crippen molar-refractivity contribution in [3.8, 4) is 0 Å². The molecule has 2 aromatic carbocycles. The highest BCUT2D eigenvalue weighted by molar-refractivity contribution is 6.42. The predicted molar refractivity (Wildman–Crippen MR) is 136 cm³/mol. The monoisotopic (exact) mass is 534 g/mol. The van der Waals surface area contributed by atoms with Gasteiger partial charge in [0.25, 0.3) is 5.91 Å². The highest BCUT2D eigenvalue weighted by atomic mass is 35.5. The molecule has 0 spiro atoms. The number of hydrogen-bond donors (Lipinski definition) is 1. The summed E-state index contributed by atoms with van der Waals surface area (Å²) in [6.07, 6.45) is 1.80. The van der Waals surface area contributed by atoms with Gasteiger partial charge in [0, 0.05) is 42.7 Å². The first-order valence-corrected chi connectivity index (χ1v) is 12.0. The fourth-order valence-corrected chi connectivity index (χ4v) is 4.69. The average molecular weight is 536 g/mol. The van der Waals surface area contributed by atoms with Crippen LogP contribution in [0.25, 0.3) is 0 Å². The Labute approximate surface area is 217 Å². The van der Waals surface area contributed by atoms with E-state index in [1.54, 1.807) is 53.2 Å². The maximum absolute atomic E-state index is 13.2. The van der Waals surface area contributed by atoms with Crippen LogP contribution in [0, 0.1) is 5.95 Å². The second-order valence-electron chi connectivity index (χ2n) is 8.30. The standard InChI is InChI=1S/C25H22Cl3FN4O2/c1-32(24(34)15-2-5-17(26)6-3-15)22-10-11-33(25(35)31-18-7-9-23(29)30-13-18)14-19(22)16-4-8-20(27)21(28)12-16/h2-9,12-13,19,22H,10-11,14H2,1H3,(H,31,35)/t19-,22+/m0/s1. The molecule has 2 heterocycles. The molecule has 10 heteroatoms. The van der Waals surface area contributed by atoms with Crippen LogP contribution in [-0.4, -0.2) is 52.9 Å². The quantitative estimate of drug-likeness (QED) is 0.396. The van der Waals surface area contributed by atoms with E-state index in [4.69, 9.17) is 34.8 Å². The number of likely N-dealkylation sites (N-methyl/N-ethyl adjacent to an activating group) is 1. The molecule has 0 unspecified atom stereocenters. The van der Waals surface area contributed by atoms with E-state index in [1.807, 2.05) is 6.07 Å². The van der Waals surface area contributed by atoms with E-state index < -0.39 is 5.95 Å². The van der Waals surface area contributed by atoms with Crippen LogP contribution >= 0.6 is 34.8 Å². The van der Waals surface area contributed by atoms with Crippen molar-refractivity contribution >= 4 is 52.4 Å². The van der Waals surface area contributed by atoms with E-state index in [1.165, 1.54) is 18.3 Å². The molecule has 2 atom stereocenters. The van der Waals surface area contributed by atoms with Crippen molar-refractivity contribution in [1.29, 1.82) is 0 Å². The van der Waals surface area contributed by atoms with E-state index in [9.17, 15) is 14.0 Å². The predicted octanol–water partition coefficient (Wildman–Crippen LogP) is 6.34. The van der Waals surface area contributed by atoms with Crippen LogP contribution in [0.1, 0.15) is 28.3 Å². The van der Waals surface area contributed by atoms with E-state index in [0.29, 0.717) is 45.8 Å². The number of anilines is 1. The molecule has 4 rings (SSSR count). The minimum absolute atomic E-state index is 0.146. The molecular weight excluding hydrogens is 514 g/mol. The first kappa shape index (κ1) is 25.2. The minimum atomic E-state index is -0.628. The van der Waals surface area contributed by atoms with Gasteiger partial charge in [0.05, 0.1) is 21.9 Å². The van der Waals surface area contributed by atoms with Crippen molar-refractivity contribution in [1.82, 2.24) is 14.8 Å². The number of aromatic nitrogens is 1. The number of pyridine rings is 1. The Hall–Kier alpha value is -2.87. The normalized spacial score (nSPS) is 17.7. The molecule has 182 valence electrons. The number of nitrogens with one attached hydrogen (secondary N) is 1. The average Bonchev–Trinajstić information content (AvgIpc) is 2.86. The molecule has 0 aliphatic carbocycles. The van der Waals surface area contributed by atoms with Gasteiger partial charge in [-0.2, -0.15) is 4.39 Å². The van der Waals surface area contributed by atoms with Crippen LogP contribution in [0.5, 0.6) is 0 Å². The highest BCUT2D eigenvalue weighted by Gasteiger charge is 2.37. The fourth-order valence-electron chi connectivity index (χ4n) is 4.26. The summed E-state index contributed by atoms with van der Waals surface area (Å²) in [6, 6.07) is 14.2. The second kappa shape index (κ2) is 10.8. The molecule has 35 heavy (non-hydrogen) atoms. The van der Waals surface area contributed by atoms with Gasteiger partial charge in [0.2, 0.25) is 5.95 Å². The summed E-state index contributed by atoms with van der Waals surface area (Å²) in [5.74, 6) is -0.999. The third kappa shape index (κ3) is 5.86. The molecule has 0 saturated carbocycles. The topological polar surface area (TPSA) is 65.5 Å². The lowest BCUT2D eigenvalue weighted by Gasteiger charge is -2.43. The van der Waals surface area contributed by atoms with Gasteiger partial charge < -0.3 is 15.1 Å². The Kier molecular flexibility index (Phi) is 7.79. The largest absolute Gasteiger partial charge is 0.338 e. The maximum Gasteiger partial charge on any atom is 0.321 e. The zero-order chi connectivity index (χ0) is 25.1. The SMILES string of the molecule is CN(C(=O)c1ccc(Cl)cc1)[C@@H]1CCN(C(=O)Nc2ccc(F)nc2)C[C@H]1c1ccc(Cl)c(Cl)c1. The number of carbonyl (C=O) groups is 2. The van der Waals surface area contributed by atoms with Crippen LogP contribution in [-0.2, 0) is 0 Å². The molecule has 1 N–H and O–H groups in total. The Balaban J connectivity index is 1.58. The Morgan fingerprint density at radius 2 is 1.80 bits per heavy atom. The summed E-state index contributed by atoms with van der Waals surface area (Å²) in [6.45, 7) is 0.752. The highest BCUT2D eigenvalue weighted by Crippen LogP contribution is 2.35. The molecule has 3 aromatic rings. The van der Waals surface area contributed by atoms with Gasteiger partial charge in [0.15, 0.2) is 0 Å². The molecule has 3 amide bonds. The molecule has 0 radical (unpaired) electrons. The lowest BCUT2D eigenvalue weighted by atomic mass is 9.85. The van der Waals surface area contributed by atoms with Crippen molar-refractivity contribution in [3.63, 3.8) is 0 Å². The minimum Gasteiger partial charge on any atom is -0.338 e. The van der Waals surface area contributed by atoms with E-state index in [-0.39, 0.29) is 23.9 Å². The summed E-state index contributed by atoms with van der Waals surface area (Å²) in [7, 11) is 1.76. The van der Waals surface area contributed by atoms with Crippen LogP contribution in [0.4, 0.5) is 14.9 Å². The first-order valence-electron chi connectivity index (χ1n) is 10.9.